The Morgan fingerprint density at radius 2 is 2.27 bits per heavy atom. The van der Waals surface area contributed by atoms with Gasteiger partial charge in [0.15, 0.2) is 5.78 Å². The molecule has 5 heteroatoms. The first-order valence-corrected chi connectivity index (χ1v) is 5.90. The molecule has 3 nitrogen and oxygen atoms in total. The number of hydrogen-bond donors (Lipinski definition) is 0. The molecule has 2 rings (SSSR count). The summed E-state index contributed by atoms with van der Waals surface area (Å²) in [5.41, 5.74) is 0.701. The monoisotopic (exact) mass is 282 g/mol. The number of ketones is 1. The van der Waals surface area contributed by atoms with Crippen molar-refractivity contribution < 1.29 is 4.79 Å². The van der Waals surface area contributed by atoms with Gasteiger partial charge in [0.2, 0.25) is 0 Å². The molecule has 76 valence electrons. The van der Waals surface area contributed by atoms with Crippen LogP contribution in [0.25, 0.3) is 0 Å². The third-order valence-electron chi connectivity index (χ3n) is 1.81. The molecule has 0 aliphatic heterocycles. The van der Waals surface area contributed by atoms with Gasteiger partial charge in [-0.25, -0.2) is 0 Å². The summed E-state index contributed by atoms with van der Waals surface area (Å²) in [6.07, 6.45) is 5.10. The highest BCUT2D eigenvalue weighted by Crippen LogP contribution is 2.23. The van der Waals surface area contributed by atoms with E-state index in [-0.39, 0.29) is 5.78 Å². The van der Waals surface area contributed by atoms with Crippen molar-refractivity contribution >= 4 is 33.0 Å². The molecule has 0 amide bonds. The van der Waals surface area contributed by atoms with Gasteiger partial charge in [0.05, 0.1) is 20.8 Å². The van der Waals surface area contributed by atoms with Crippen LogP contribution in [0.5, 0.6) is 0 Å². The molecule has 0 N–H and O–H groups in total. The lowest BCUT2D eigenvalue weighted by molar-refractivity contribution is 0.0995. The van der Waals surface area contributed by atoms with Gasteiger partial charge in [0.1, 0.15) is 0 Å². The Kier molecular flexibility index (Phi) is 3.23. The van der Waals surface area contributed by atoms with Crippen LogP contribution in [0.1, 0.15) is 15.4 Å². The summed E-state index contributed by atoms with van der Waals surface area (Å²) in [6, 6.07) is 3.68. The first kappa shape index (κ1) is 10.4. The highest BCUT2D eigenvalue weighted by Gasteiger charge is 2.10. The van der Waals surface area contributed by atoms with E-state index in [1.54, 1.807) is 18.6 Å². The number of nitrogens with zero attached hydrogens (tertiary/aromatic N) is 2. The maximum atomic E-state index is 11.7. The van der Waals surface area contributed by atoms with Gasteiger partial charge in [-0.15, -0.1) is 11.3 Å². The topological polar surface area (TPSA) is 42.9 Å². The maximum Gasteiger partial charge on any atom is 0.178 e. The molecule has 0 spiro atoms. The second-order valence-corrected chi connectivity index (χ2v) is 5.36. The minimum atomic E-state index is 0.0752. The van der Waals surface area contributed by atoms with Crippen LogP contribution in [0, 0.1) is 0 Å². The Morgan fingerprint density at radius 1 is 1.40 bits per heavy atom. The fraction of sp³-hybridized carbons (Fsp3) is 0.100. The maximum absolute atomic E-state index is 11.7. The lowest BCUT2D eigenvalue weighted by Crippen LogP contribution is -2.03. The SMILES string of the molecule is O=C(Cc1cnccn1)c1ccc(Br)s1. The van der Waals surface area contributed by atoms with Crippen LogP contribution >= 0.6 is 27.3 Å². The van der Waals surface area contributed by atoms with E-state index in [0.717, 1.165) is 8.66 Å². The fourth-order valence-corrected chi connectivity index (χ4v) is 2.46. The lowest BCUT2D eigenvalue weighted by Gasteiger charge is -1.96. The highest BCUT2D eigenvalue weighted by molar-refractivity contribution is 9.11. The zero-order valence-corrected chi connectivity index (χ0v) is 10.1. The van der Waals surface area contributed by atoms with Crippen LogP contribution < -0.4 is 0 Å². The Balaban J connectivity index is 2.11. The van der Waals surface area contributed by atoms with Crippen LogP contribution in [-0.2, 0) is 6.42 Å². The van der Waals surface area contributed by atoms with Gasteiger partial charge in [-0.2, -0.15) is 0 Å². The molecule has 0 aliphatic carbocycles. The number of Topliss-reactive ketones (excluding diaryl/α,β-unsaturated/α-hetero) is 1. The largest absolute Gasteiger partial charge is 0.293 e. The lowest BCUT2D eigenvalue weighted by atomic mass is 10.2. The predicted molar refractivity (Wildman–Crippen MR) is 62.1 cm³/mol. The fourth-order valence-electron chi connectivity index (χ4n) is 1.14. The number of hydrogen-bond acceptors (Lipinski definition) is 4. The molecule has 0 radical (unpaired) electrons. The van der Waals surface area contributed by atoms with Crippen molar-refractivity contribution in [2.75, 3.05) is 0 Å². The number of carbonyl (C=O) groups is 1. The van der Waals surface area contributed by atoms with Gasteiger partial charge in [0.25, 0.3) is 0 Å². The molecule has 0 fully saturated rings. The molecule has 0 saturated carbocycles. The van der Waals surface area contributed by atoms with Gasteiger partial charge in [-0.3, -0.25) is 14.8 Å². The molecule has 15 heavy (non-hydrogen) atoms. The van der Waals surface area contributed by atoms with E-state index in [2.05, 4.69) is 25.9 Å². The molecule has 2 heterocycles. The minimum absolute atomic E-state index is 0.0752. The average molecular weight is 283 g/mol. The van der Waals surface area contributed by atoms with E-state index in [1.807, 2.05) is 12.1 Å². The van der Waals surface area contributed by atoms with E-state index >= 15 is 0 Å². The van der Waals surface area contributed by atoms with Crippen molar-refractivity contribution in [2.45, 2.75) is 6.42 Å². The van der Waals surface area contributed by atoms with Crippen molar-refractivity contribution in [1.29, 1.82) is 0 Å². The first-order chi connectivity index (χ1) is 7.25. The third-order valence-corrected chi connectivity index (χ3v) is 3.47. The van der Waals surface area contributed by atoms with E-state index in [4.69, 9.17) is 0 Å². The second kappa shape index (κ2) is 4.63. The Labute approximate surface area is 99.3 Å². The van der Waals surface area contributed by atoms with E-state index < -0.39 is 0 Å². The standard InChI is InChI=1S/C10H7BrN2OS/c11-10-2-1-9(15-10)8(14)5-7-6-12-3-4-13-7/h1-4,6H,5H2. The van der Waals surface area contributed by atoms with Crippen molar-refractivity contribution in [1.82, 2.24) is 9.97 Å². The predicted octanol–water partition coefficient (Wildman–Crippen LogP) is 2.73. The molecule has 0 atom stereocenters. The zero-order valence-electron chi connectivity index (χ0n) is 7.68. The van der Waals surface area contributed by atoms with Crippen LogP contribution in [0.2, 0.25) is 0 Å². The molecule has 0 aliphatic rings. The summed E-state index contributed by atoms with van der Waals surface area (Å²) >= 11 is 4.76. The molecule has 2 aromatic rings. The van der Waals surface area contributed by atoms with Gasteiger partial charge >= 0.3 is 0 Å². The molecule has 0 saturated heterocycles. The van der Waals surface area contributed by atoms with Crippen LogP contribution in [0.15, 0.2) is 34.5 Å². The van der Waals surface area contributed by atoms with E-state index in [1.165, 1.54) is 11.3 Å². The van der Waals surface area contributed by atoms with Gasteiger partial charge in [-0.05, 0) is 28.1 Å². The normalized spacial score (nSPS) is 10.2. The van der Waals surface area contributed by atoms with Crippen molar-refractivity contribution in [3.63, 3.8) is 0 Å². The van der Waals surface area contributed by atoms with Gasteiger partial charge in [-0.1, -0.05) is 0 Å². The highest BCUT2D eigenvalue weighted by atomic mass is 79.9. The number of aromatic nitrogens is 2. The van der Waals surface area contributed by atoms with E-state index in [0.29, 0.717) is 12.1 Å². The number of halogens is 1. The van der Waals surface area contributed by atoms with Crippen LogP contribution in [0.3, 0.4) is 0 Å². The second-order valence-electron chi connectivity index (χ2n) is 2.90. The Hall–Kier alpha value is -1.07. The number of rotatable bonds is 3. The van der Waals surface area contributed by atoms with Crippen molar-refractivity contribution in [3.8, 4) is 0 Å². The van der Waals surface area contributed by atoms with Crippen LogP contribution in [-0.4, -0.2) is 15.8 Å². The summed E-state index contributed by atoms with van der Waals surface area (Å²) in [5, 5.41) is 0. The summed E-state index contributed by atoms with van der Waals surface area (Å²) in [7, 11) is 0. The summed E-state index contributed by atoms with van der Waals surface area (Å²) in [6.45, 7) is 0. The van der Waals surface area contributed by atoms with Gasteiger partial charge in [0, 0.05) is 18.6 Å². The Morgan fingerprint density at radius 3 is 2.87 bits per heavy atom. The molecular formula is C10H7BrN2OS. The van der Waals surface area contributed by atoms with Crippen LogP contribution in [0.4, 0.5) is 0 Å². The van der Waals surface area contributed by atoms with Gasteiger partial charge < -0.3 is 0 Å². The van der Waals surface area contributed by atoms with Crippen molar-refractivity contribution in [2.24, 2.45) is 0 Å². The smallest absolute Gasteiger partial charge is 0.178 e. The summed E-state index contributed by atoms with van der Waals surface area (Å²) in [5.74, 6) is 0.0752. The quantitative estimate of drug-likeness (QED) is 0.813. The average Bonchev–Trinajstić information content (AvgIpc) is 2.66. The summed E-state index contributed by atoms with van der Waals surface area (Å²) < 4.78 is 0.963. The molecule has 0 unspecified atom stereocenters. The van der Waals surface area contributed by atoms with E-state index in [9.17, 15) is 4.79 Å². The first-order valence-electron chi connectivity index (χ1n) is 4.29. The number of thiophene rings is 1. The van der Waals surface area contributed by atoms with Crippen molar-refractivity contribution in [3.05, 3.63) is 45.1 Å². The minimum Gasteiger partial charge on any atom is -0.293 e. The molecular weight excluding hydrogens is 276 g/mol. The molecule has 0 aromatic carbocycles. The Bertz CT molecular complexity index is 469. The molecule has 0 bridgehead atoms. The zero-order chi connectivity index (χ0) is 10.7. The summed E-state index contributed by atoms with van der Waals surface area (Å²) in [4.78, 5) is 20.5. The molecule has 2 aromatic heterocycles. The third kappa shape index (κ3) is 2.70. The number of carbonyl (C=O) groups excluding carboxylic acids is 1.